The van der Waals surface area contributed by atoms with Gasteiger partial charge in [-0.3, -0.25) is 0 Å². The Morgan fingerprint density at radius 1 is 1.33 bits per heavy atom. The zero-order valence-corrected chi connectivity index (χ0v) is 10.2. The van der Waals surface area contributed by atoms with E-state index in [1.54, 1.807) is 15.9 Å². The van der Waals surface area contributed by atoms with E-state index in [2.05, 4.69) is 29.1 Å². The van der Waals surface area contributed by atoms with Gasteiger partial charge in [-0.05, 0) is 13.8 Å². The number of hydrogen-bond acceptors (Lipinski definition) is 5. The molecule has 2 aromatic rings. The molecular weight excluding hydrogens is 210 g/mol. The van der Waals surface area contributed by atoms with Crippen LogP contribution in [0.2, 0.25) is 0 Å². The highest BCUT2D eigenvalue weighted by Gasteiger charge is 2.24. The van der Waals surface area contributed by atoms with E-state index >= 15 is 0 Å². The summed E-state index contributed by atoms with van der Waals surface area (Å²) in [5, 5.41) is 13.7. The maximum absolute atomic E-state index is 5.99. The molecule has 0 saturated heterocycles. The van der Waals surface area contributed by atoms with E-state index in [0.29, 0.717) is 11.7 Å². The minimum Gasteiger partial charge on any atom is -0.319 e. The highest BCUT2D eigenvalue weighted by Crippen LogP contribution is 2.24. The van der Waals surface area contributed by atoms with E-state index in [4.69, 9.17) is 5.73 Å². The van der Waals surface area contributed by atoms with Crippen LogP contribution in [-0.4, -0.2) is 19.8 Å². The fraction of sp³-hybridized carbons (Fsp3) is 0.667. The Hall–Kier alpha value is -1.01. The maximum Gasteiger partial charge on any atom is 0.234 e. The number of fused-ring (bicyclic) bond motifs is 1. The Balaban J connectivity index is 2.59. The summed E-state index contributed by atoms with van der Waals surface area (Å²) < 4.78 is 1.75. The van der Waals surface area contributed by atoms with Gasteiger partial charge in [0, 0.05) is 5.92 Å². The van der Waals surface area contributed by atoms with Crippen LogP contribution < -0.4 is 5.73 Å². The lowest BCUT2D eigenvalue weighted by molar-refractivity contribution is 0.497. The molecule has 5 nitrogen and oxygen atoms in total. The molecule has 15 heavy (non-hydrogen) atoms. The number of nitrogens with two attached hydrogens (primary N) is 1. The Bertz CT molecular complexity index is 476. The van der Waals surface area contributed by atoms with Crippen LogP contribution in [0.5, 0.6) is 0 Å². The molecule has 0 aliphatic carbocycles. The first kappa shape index (κ1) is 10.5. The maximum atomic E-state index is 5.99. The van der Waals surface area contributed by atoms with Crippen molar-refractivity contribution in [2.75, 3.05) is 0 Å². The first-order valence-electron chi connectivity index (χ1n) is 4.91. The van der Waals surface area contributed by atoms with Gasteiger partial charge in [-0.1, -0.05) is 25.2 Å². The van der Waals surface area contributed by atoms with E-state index in [-0.39, 0.29) is 0 Å². The van der Waals surface area contributed by atoms with Crippen LogP contribution in [0.4, 0.5) is 0 Å². The molecular formula is C9H15N5S. The van der Waals surface area contributed by atoms with Crippen LogP contribution >= 0.6 is 11.3 Å². The second kappa shape index (κ2) is 3.24. The lowest BCUT2D eigenvalue weighted by atomic mass is 10.1. The SMILES string of the molecule is CC(C)c1nn2c(C(C)(C)N)nnc2s1. The fourth-order valence-corrected chi connectivity index (χ4v) is 2.11. The summed E-state index contributed by atoms with van der Waals surface area (Å²) in [4.78, 5) is 0.812. The molecule has 0 aromatic carbocycles. The van der Waals surface area contributed by atoms with Gasteiger partial charge in [-0.25, -0.2) is 0 Å². The Labute approximate surface area is 92.3 Å². The molecule has 0 unspecified atom stereocenters. The van der Waals surface area contributed by atoms with Crippen molar-refractivity contribution >= 4 is 16.3 Å². The zero-order chi connectivity index (χ0) is 11.2. The normalized spacial score (nSPS) is 12.9. The molecule has 0 aliphatic heterocycles. The Kier molecular flexibility index (Phi) is 2.27. The van der Waals surface area contributed by atoms with Gasteiger partial charge in [-0.2, -0.15) is 9.61 Å². The van der Waals surface area contributed by atoms with E-state index < -0.39 is 5.54 Å². The third kappa shape index (κ3) is 1.74. The summed E-state index contributed by atoms with van der Waals surface area (Å²) in [5.41, 5.74) is 5.48. The average molecular weight is 225 g/mol. The van der Waals surface area contributed by atoms with Crippen LogP contribution in [0.3, 0.4) is 0 Å². The molecule has 0 fully saturated rings. The third-order valence-electron chi connectivity index (χ3n) is 2.08. The molecule has 2 rings (SSSR count). The molecule has 6 heteroatoms. The molecule has 2 N–H and O–H groups in total. The van der Waals surface area contributed by atoms with Gasteiger partial charge in [0.1, 0.15) is 5.01 Å². The smallest absolute Gasteiger partial charge is 0.234 e. The molecule has 0 radical (unpaired) electrons. The van der Waals surface area contributed by atoms with Crippen molar-refractivity contribution in [3.05, 3.63) is 10.8 Å². The molecule has 2 heterocycles. The summed E-state index contributed by atoms with van der Waals surface area (Å²) in [5.74, 6) is 1.12. The van der Waals surface area contributed by atoms with Gasteiger partial charge < -0.3 is 5.73 Å². The molecule has 82 valence electrons. The molecule has 0 aliphatic rings. The number of hydrogen-bond donors (Lipinski definition) is 1. The Morgan fingerprint density at radius 2 is 2.00 bits per heavy atom. The predicted octanol–water partition coefficient (Wildman–Crippen LogP) is 1.50. The minimum absolute atomic E-state index is 0.408. The van der Waals surface area contributed by atoms with Crippen LogP contribution in [0.1, 0.15) is 44.4 Å². The summed E-state index contributed by atoms with van der Waals surface area (Å²) >= 11 is 1.56. The van der Waals surface area contributed by atoms with Gasteiger partial charge in [-0.15, -0.1) is 10.2 Å². The number of aromatic nitrogens is 4. The summed E-state index contributed by atoms with van der Waals surface area (Å²) in [7, 11) is 0. The number of rotatable bonds is 2. The first-order chi connectivity index (χ1) is 6.89. The topological polar surface area (TPSA) is 69.1 Å². The fourth-order valence-electron chi connectivity index (χ4n) is 1.27. The summed E-state index contributed by atoms with van der Waals surface area (Å²) in [6.45, 7) is 8.02. The van der Waals surface area contributed by atoms with Crippen LogP contribution in [-0.2, 0) is 5.54 Å². The second-order valence-corrected chi connectivity index (χ2v) is 5.52. The minimum atomic E-state index is -0.512. The second-order valence-electron chi connectivity index (χ2n) is 4.53. The molecule has 0 amide bonds. The van der Waals surface area contributed by atoms with E-state index in [1.807, 2.05) is 13.8 Å². The van der Waals surface area contributed by atoms with Crippen molar-refractivity contribution in [1.82, 2.24) is 19.8 Å². The summed E-state index contributed by atoms with van der Waals surface area (Å²) in [6, 6.07) is 0. The third-order valence-corrected chi connectivity index (χ3v) is 3.28. The van der Waals surface area contributed by atoms with Gasteiger partial charge >= 0.3 is 0 Å². The van der Waals surface area contributed by atoms with Crippen molar-refractivity contribution in [1.29, 1.82) is 0 Å². The summed E-state index contributed by atoms with van der Waals surface area (Å²) in [6.07, 6.45) is 0. The van der Waals surface area contributed by atoms with E-state index in [9.17, 15) is 0 Å². The van der Waals surface area contributed by atoms with Crippen molar-refractivity contribution < 1.29 is 0 Å². The molecule has 0 spiro atoms. The van der Waals surface area contributed by atoms with Crippen LogP contribution in [0.15, 0.2) is 0 Å². The van der Waals surface area contributed by atoms with Crippen LogP contribution in [0.25, 0.3) is 4.96 Å². The van der Waals surface area contributed by atoms with Gasteiger partial charge in [0.25, 0.3) is 0 Å². The lowest BCUT2D eigenvalue weighted by Crippen LogP contribution is -2.31. The van der Waals surface area contributed by atoms with Gasteiger partial charge in [0.05, 0.1) is 5.54 Å². The van der Waals surface area contributed by atoms with E-state index in [0.717, 1.165) is 9.97 Å². The standard InChI is InChI=1S/C9H15N5S/c1-5(2)6-13-14-7(9(3,4)10)11-12-8(14)15-6/h5H,10H2,1-4H3. The van der Waals surface area contributed by atoms with Gasteiger partial charge in [0.2, 0.25) is 4.96 Å². The van der Waals surface area contributed by atoms with Crippen molar-refractivity contribution in [3.63, 3.8) is 0 Å². The molecule has 0 atom stereocenters. The molecule has 2 aromatic heterocycles. The number of nitrogens with zero attached hydrogens (tertiary/aromatic N) is 4. The van der Waals surface area contributed by atoms with Gasteiger partial charge in [0.15, 0.2) is 5.82 Å². The van der Waals surface area contributed by atoms with Crippen molar-refractivity contribution in [2.45, 2.75) is 39.2 Å². The monoisotopic (exact) mass is 225 g/mol. The largest absolute Gasteiger partial charge is 0.319 e. The highest BCUT2D eigenvalue weighted by molar-refractivity contribution is 7.16. The lowest BCUT2D eigenvalue weighted by Gasteiger charge is -2.13. The Morgan fingerprint density at radius 3 is 2.53 bits per heavy atom. The van der Waals surface area contributed by atoms with E-state index in [1.165, 1.54) is 0 Å². The van der Waals surface area contributed by atoms with Crippen LogP contribution in [0, 0.1) is 0 Å². The quantitative estimate of drug-likeness (QED) is 0.841. The molecule has 0 saturated carbocycles. The van der Waals surface area contributed by atoms with Crippen molar-refractivity contribution in [3.8, 4) is 0 Å². The molecule has 0 bridgehead atoms. The highest BCUT2D eigenvalue weighted by atomic mass is 32.1. The first-order valence-corrected chi connectivity index (χ1v) is 5.72. The average Bonchev–Trinajstić information content (AvgIpc) is 2.56. The zero-order valence-electron chi connectivity index (χ0n) is 9.35. The van der Waals surface area contributed by atoms with Crippen molar-refractivity contribution in [2.24, 2.45) is 5.73 Å². The predicted molar refractivity (Wildman–Crippen MR) is 60.0 cm³/mol.